The lowest BCUT2D eigenvalue weighted by molar-refractivity contribution is -0.155. The van der Waals surface area contributed by atoms with Crippen LogP contribution in [0.3, 0.4) is 0 Å². The molecule has 47 heavy (non-hydrogen) atoms. The molecule has 0 N–H and O–H groups in total. The van der Waals surface area contributed by atoms with Crippen LogP contribution in [0.5, 0.6) is 11.5 Å². The molecule has 7 rings (SSSR count). The summed E-state index contributed by atoms with van der Waals surface area (Å²) in [6.45, 7) is 10.5. The molecule has 3 fully saturated rings. The number of amides is 4. The maximum absolute atomic E-state index is 14.4. The Morgan fingerprint density at radius 2 is 1.11 bits per heavy atom. The van der Waals surface area contributed by atoms with E-state index >= 15 is 0 Å². The molecule has 3 aliphatic carbocycles. The van der Waals surface area contributed by atoms with Crippen molar-refractivity contribution < 1.29 is 38.2 Å². The topological polar surface area (TPSA) is 120 Å². The SMILES string of the molecule is CCCCOc1ccc(N2C(=O)[C@@H]3C4C(C)=C(C(=O)OCC)C(C)([C@@H]3C2=O)[C@H]2C(=O)N(c3ccc(OCCCC)cc3)C(=O)[C@H]42)cc1. The summed E-state index contributed by atoms with van der Waals surface area (Å²) < 4.78 is 17.0. The first-order valence-electron chi connectivity index (χ1n) is 16.7. The molecular weight excluding hydrogens is 600 g/mol. The van der Waals surface area contributed by atoms with Crippen LogP contribution in [-0.4, -0.2) is 49.4 Å². The molecule has 2 aliphatic heterocycles. The molecule has 0 aromatic heterocycles. The highest BCUT2D eigenvalue weighted by atomic mass is 16.5. The van der Waals surface area contributed by atoms with Gasteiger partial charge in [0.1, 0.15) is 11.5 Å². The molecule has 10 heteroatoms. The van der Waals surface area contributed by atoms with Crippen molar-refractivity contribution in [3.05, 3.63) is 59.7 Å². The van der Waals surface area contributed by atoms with E-state index in [1.54, 1.807) is 69.3 Å². The van der Waals surface area contributed by atoms with Crippen LogP contribution >= 0.6 is 0 Å². The zero-order chi connectivity index (χ0) is 33.6. The van der Waals surface area contributed by atoms with E-state index in [0.29, 0.717) is 41.7 Å². The van der Waals surface area contributed by atoms with Crippen molar-refractivity contribution in [1.29, 1.82) is 0 Å². The Balaban J connectivity index is 1.38. The number of allylic oxidation sites excluding steroid dienone is 1. The summed E-state index contributed by atoms with van der Waals surface area (Å²) in [6, 6.07) is 13.5. The molecule has 4 amide bonds. The molecule has 10 nitrogen and oxygen atoms in total. The van der Waals surface area contributed by atoms with Crippen molar-refractivity contribution in [2.45, 2.75) is 60.3 Å². The van der Waals surface area contributed by atoms with E-state index in [9.17, 15) is 24.0 Å². The summed E-state index contributed by atoms with van der Waals surface area (Å²) in [6.07, 6.45) is 3.78. The number of anilines is 2. The third kappa shape index (κ3) is 4.95. The van der Waals surface area contributed by atoms with Gasteiger partial charge in [-0.25, -0.2) is 4.79 Å². The average molecular weight is 643 g/mol. The summed E-state index contributed by atoms with van der Waals surface area (Å²) in [7, 11) is 0. The Morgan fingerprint density at radius 1 is 0.681 bits per heavy atom. The molecule has 2 bridgehead atoms. The van der Waals surface area contributed by atoms with Crippen LogP contribution in [0, 0.1) is 35.0 Å². The van der Waals surface area contributed by atoms with E-state index in [0.717, 1.165) is 35.5 Å². The third-order valence-corrected chi connectivity index (χ3v) is 10.4. The van der Waals surface area contributed by atoms with E-state index in [1.807, 2.05) is 0 Å². The van der Waals surface area contributed by atoms with Crippen LogP contribution in [0.2, 0.25) is 0 Å². The van der Waals surface area contributed by atoms with Crippen LogP contribution in [0.4, 0.5) is 11.4 Å². The van der Waals surface area contributed by atoms with Crippen LogP contribution < -0.4 is 19.3 Å². The Hall–Kier alpha value is -4.47. The highest BCUT2D eigenvalue weighted by Gasteiger charge is 2.77. The number of nitrogens with zero attached hydrogens (tertiary/aromatic N) is 2. The first-order chi connectivity index (χ1) is 22.6. The van der Waals surface area contributed by atoms with Crippen molar-refractivity contribution in [3.63, 3.8) is 0 Å². The number of benzene rings is 2. The van der Waals surface area contributed by atoms with E-state index in [4.69, 9.17) is 14.2 Å². The molecule has 2 heterocycles. The van der Waals surface area contributed by atoms with Crippen LogP contribution in [0.25, 0.3) is 0 Å². The highest BCUT2D eigenvalue weighted by molar-refractivity contribution is 6.27. The number of rotatable bonds is 12. The molecule has 5 aliphatic rings. The van der Waals surface area contributed by atoms with Gasteiger partial charge in [-0.2, -0.15) is 0 Å². The zero-order valence-corrected chi connectivity index (χ0v) is 27.6. The average Bonchev–Trinajstić information content (AvgIpc) is 3.48. The van der Waals surface area contributed by atoms with Gasteiger partial charge in [-0.1, -0.05) is 39.2 Å². The Kier molecular flexibility index (Phi) is 8.72. The smallest absolute Gasteiger partial charge is 0.334 e. The van der Waals surface area contributed by atoms with Crippen molar-refractivity contribution in [2.75, 3.05) is 29.6 Å². The van der Waals surface area contributed by atoms with Crippen LogP contribution in [-0.2, 0) is 28.7 Å². The van der Waals surface area contributed by atoms with Crippen molar-refractivity contribution in [1.82, 2.24) is 0 Å². The normalized spacial score (nSPS) is 27.8. The summed E-state index contributed by atoms with van der Waals surface area (Å²) in [5.41, 5.74) is 0.0361. The third-order valence-electron chi connectivity index (χ3n) is 10.4. The monoisotopic (exact) mass is 642 g/mol. The second-order valence-electron chi connectivity index (χ2n) is 13.0. The largest absolute Gasteiger partial charge is 0.494 e. The lowest BCUT2D eigenvalue weighted by atomic mass is 9.43. The van der Waals surface area contributed by atoms with Gasteiger partial charge in [0.25, 0.3) is 0 Å². The fourth-order valence-electron chi connectivity index (χ4n) is 8.37. The minimum absolute atomic E-state index is 0.0932. The highest BCUT2D eigenvalue weighted by Crippen LogP contribution is 2.68. The summed E-state index contributed by atoms with van der Waals surface area (Å²) in [4.78, 5) is 73.4. The molecule has 2 saturated heterocycles. The fraction of sp³-hybridized carbons (Fsp3) is 0.486. The van der Waals surface area contributed by atoms with Crippen molar-refractivity contribution >= 4 is 41.0 Å². The van der Waals surface area contributed by atoms with Gasteiger partial charge < -0.3 is 14.2 Å². The van der Waals surface area contributed by atoms with Gasteiger partial charge in [0.05, 0.1) is 54.9 Å². The lowest BCUT2D eigenvalue weighted by Crippen LogP contribution is -2.61. The first-order valence-corrected chi connectivity index (χ1v) is 16.7. The second-order valence-corrected chi connectivity index (χ2v) is 13.0. The Bertz CT molecular complexity index is 1530. The zero-order valence-electron chi connectivity index (χ0n) is 27.6. The molecule has 2 aromatic rings. The van der Waals surface area contributed by atoms with E-state index < -0.39 is 64.6 Å². The van der Waals surface area contributed by atoms with Gasteiger partial charge in [0.15, 0.2) is 0 Å². The Morgan fingerprint density at radius 3 is 1.49 bits per heavy atom. The summed E-state index contributed by atoms with van der Waals surface area (Å²) >= 11 is 0. The molecule has 6 atom stereocenters. The minimum atomic E-state index is -1.46. The lowest BCUT2D eigenvalue weighted by Gasteiger charge is -2.55. The second kappa shape index (κ2) is 12.6. The van der Waals surface area contributed by atoms with Gasteiger partial charge in [-0.3, -0.25) is 29.0 Å². The number of carbonyl (C=O) groups is 5. The maximum Gasteiger partial charge on any atom is 0.334 e. The summed E-state index contributed by atoms with van der Waals surface area (Å²) in [5, 5.41) is 0. The number of unbranched alkanes of at least 4 members (excludes halogenated alkanes) is 2. The van der Waals surface area contributed by atoms with Crippen LogP contribution in [0.1, 0.15) is 60.3 Å². The minimum Gasteiger partial charge on any atom is -0.494 e. The number of ether oxygens (including phenoxy) is 3. The van der Waals surface area contributed by atoms with Gasteiger partial charge in [0.2, 0.25) is 23.6 Å². The van der Waals surface area contributed by atoms with E-state index in [-0.39, 0.29) is 12.2 Å². The van der Waals surface area contributed by atoms with E-state index in [2.05, 4.69) is 13.8 Å². The van der Waals surface area contributed by atoms with Crippen molar-refractivity contribution in [2.24, 2.45) is 35.0 Å². The molecule has 0 spiro atoms. The number of esters is 1. The Labute approximate surface area is 275 Å². The number of carbonyl (C=O) groups excluding carboxylic acids is 5. The fourth-order valence-corrected chi connectivity index (χ4v) is 8.37. The standard InChI is InChI=1S/C37H42N2O8/c1-6-9-19-46-24-15-11-22(12-16-24)38-32(40)27-26-21(4)29(36(44)45-8-3)37(5,30(27)34(38)42)31-28(26)33(41)39(35(31)43)23-13-17-25(18-14-23)47-20-10-7-2/h11-18,26-28,30-31H,6-10,19-20H2,1-5H3/t26?,27-,28-,30-,31+,37?/m1/s1. The predicted molar refractivity (Wildman–Crippen MR) is 174 cm³/mol. The number of hydrogen-bond acceptors (Lipinski definition) is 8. The molecule has 2 unspecified atom stereocenters. The molecule has 1 saturated carbocycles. The van der Waals surface area contributed by atoms with Gasteiger partial charge in [-0.05, 0) is 75.2 Å². The van der Waals surface area contributed by atoms with Gasteiger partial charge >= 0.3 is 5.97 Å². The molecule has 0 radical (unpaired) electrons. The molecule has 2 aromatic carbocycles. The quantitative estimate of drug-likeness (QED) is 0.170. The van der Waals surface area contributed by atoms with Crippen molar-refractivity contribution in [3.8, 4) is 11.5 Å². The van der Waals surface area contributed by atoms with Gasteiger partial charge in [0, 0.05) is 16.9 Å². The van der Waals surface area contributed by atoms with E-state index in [1.165, 1.54) is 0 Å². The van der Waals surface area contributed by atoms with Gasteiger partial charge in [-0.15, -0.1) is 0 Å². The predicted octanol–water partition coefficient (Wildman–Crippen LogP) is 5.49. The number of hydrogen-bond donors (Lipinski definition) is 0. The van der Waals surface area contributed by atoms with Crippen LogP contribution in [0.15, 0.2) is 59.7 Å². The first kappa shape index (κ1) is 32.5. The molecular formula is C37H42N2O8. The summed E-state index contributed by atoms with van der Waals surface area (Å²) in [5.74, 6) is -5.98. The maximum atomic E-state index is 14.4. The number of imide groups is 2. The molecule has 248 valence electrons.